The van der Waals surface area contributed by atoms with Crippen LogP contribution >= 0.6 is 11.3 Å². The molecule has 1 aliphatic heterocycles. The standard InChI is InChI=1S/C20H21N3OS/c24-20(22-13-15-5-6-18-16(12-15)7-11-25-18)19(23-9-1-2-10-23)17-4-3-8-21-14-17/h3-8,11-12,14,19H,1-2,9-10,13H2,(H,22,24). The van der Waals surface area contributed by atoms with Gasteiger partial charge in [-0.15, -0.1) is 11.3 Å². The zero-order valence-electron chi connectivity index (χ0n) is 14.0. The third-order valence-corrected chi connectivity index (χ3v) is 5.64. The quantitative estimate of drug-likeness (QED) is 0.761. The van der Waals surface area contributed by atoms with Crippen LogP contribution in [0.2, 0.25) is 0 Å². The number of rotatable bonds is 5. The summed E-state index contributed by atoms with van der Waals surface area (Å²) >= 11 is 1.74. The van der Waals surface area contributed by atoms with Crippen molar-refractivity contribution in [2.24, 2.45) is 0 Å². The van der Waals surface area contributed by atoms with E-state index in [1.54, 1.807) is 23.7 Å². The van der Waals surface area contributed by atoms with Gasteiger partial charge < -0.3 is 5.32 Å². The highest BCUT2D eigenvalue weighted by Gasteiger charge is 2.29. The van der Waals surface area contributed by atoms with Gasteiger partial charge in [0.25, 0.3) is 0 Å². The maximum atomic E-state index is 12.9. The lowest BCUT2D eigenvalue weighted by Gasteiger charge is -2.26. The molecule has 3 heterocycles. The molecule has 3 aromatic rings. The van der Waals surface area contributed by atoms with Crippen LogP contribution < -0.4 is 5.32 Å². The molecule has 1 aromatic carbocycles. The molecule has 2 aromatic heterocycles. The fraction of sp³-hybridized carbons (Fsp3) is 0.300. The van der Waals surface area contributed by atoms with E-state index in [-0.39, 0.29) is 11.9 Å². The molecule has 1 atom stereocenters. The van der Waals surface area contributed by atoms with E-state index in [0.29, 0.717) is 6.54 Å². The molecule has 1 unspecified atom stereocenters. The molecule has 0 radical (unpaired) electrons. The number of hydrogen-bond acceptors (Lipinski definition) is 4. The number of fused-ring (bicyclic) bond motifs is 1. The van der Waals surface area contributed by atoms with E-state index in [1.165, 1.54) is 10.1 Å². The summed E-state index contributed by atoms with van der Waals surface area (Å²) in [7, 11) is 0. The van der Waals surface area contributed by atoms with E-state index in [4.69, 9.17) is 0 Å². The number of thiophene rings is 1. The number of hydrogen-bond donors (Lipinski definition) is 1. The van der Waals surface area contributed by atoms with Crippen LogP contribution in [0.5, 0.6) is 0 Å². The lowest BCUT2D eigenvalue weighted by molar-refractivity contribution is -0.126. The Hall–Kier alpha value is -2.24. The van der Waals surface area contributed by atoms with Gasteiger partial charge in [0.15, 0.2) is 0 Å². The topological polar surface area (TPSA) is 45.2 Å². The van der Waals surface area contributed by atoms with Crippen molar-refractivity contribution in [3.63, 3.8) is 0 Å². The van der Waals surface area contributed by atoms with Crippen molar-refractivity contribution in [3.05, 3.63) is 65.3 Å². The van der Waals surface area contributed by atoms with E-state index >= 15 is 0 Å². The summed E-state index contributed by atoms with van der Waals surface area (Å²) in [5.41, 5.74) is 2.10. The molecule has 1 N–H and O–H groups in total. The Labute approximate surface area is 151 Å². The largest absolute Gasteiger partial charge is 0.350 e. The van der Waals surface area contributed by atoms with Crippen LogP contribution in [0.15, 0.2) is 54.2 Å². The highest BCUT2D eigenvalue weighted by Crippen LogP contribution is 2.25. The first kappa shape index (κ1) is 16.2. The molecule has 1 amide bonds. The van der Waals surface area contributed by atoms with Crippen LogP contribution in [0.4, 0.5) is 0 Å². The van der Waals surface area contributed by atoms with Gasteiger partial charge in [-0.25, -0.2) is 0 Å². The van der Waals surface area contributed by atoms with Gasteiger partial charge in [-0.2, -0.15) is 0 Å². The number of likely N-dealkylation sites (tertiary alicyclic amines) is 1. The van der Waals surface area contributed by atoms with Crippen LogP contribution in [0.3, 0.4) is 0 Å². The van der Waals surface area contributed by atoms with Gasteiger partial charge in [0.1, 0.15) is 6.04 Å². The normalized spacial score (nSPS) is 16.2. The van der Waals surface area contributed by atoms with E-state index in [0.717, 1.165) is 37.1 Å². The van der Waals surface area contributed by atoms with E-state index < -0.39 is 0 Å². The zero-order chi connectivity index (χ0) is 17.1. The van der Waals surface area contributed by atoms with Gasteiger partial charge in [0.2, 0.25) is 5.91 Å². The SMILES string of the molecule is O=C(NCc1ccc2sccc2c1)C(c1cccnc1)N1CCCC1. The molecule has 1 fully saturated rings. The number of benzene rings is 1. The number of pyridine rings is 1. The van der Waals surface area contributed by atoms with Crippen LogP contribution in [-0.2, 0) is 11.3 Å². The molecule has 1 saturated heterocycles. The summed E-state index contributed by atoms with van der Waals surface area (Å²) in [6, 6.07) is 12.1. The predicted molar refractivity (Wildman–Crippen MR) is 101 cm³/mol. The molecular weight excluding hydrogens is 330 g/mol. The highest BCUT2D eigenvalue weighted by atomic mass is 32.1. The fourth-order valence-electron chi connectivity index (χ4n) is 3.48. The van der Waals surface area contributed by atoms with Crippen molar-refractivity contribution in [3.8, 4) is 0 Å². The predicted octanol–water partition coefficient (Wildman–Crippen LogP) is 3.75. The number of carbonyl (C=O) groups is 1. The third kappa shape index (κ3) is 3.57. The second kappa shape index (κ2) is 7.33. The Morgan fingerprint density at radius 1 is 1.24 bits per heavy atom. The average Bonchev–Trinajstić information content (AvgIpc) is 3.32. The minimum absolute atomic E-state index is 0.0558. The average molecular weight is 351 g/mol. The van der Waals surface area contributed by atoms with Crippen LogP contribution in [-0.4, -0.2) is 28.9 Å². The van der Waals surface area contributed by atoms with Gasteiger partial charge >= 0.3 is 0 Å². The summed E-state index contributed by atoms with van der Waals surface area (Å²) in [6.45, 7) is 2.48. The molecule has 0 spiro atoms. The molecular formula is C20H21N3OS. The Bertz CT molecular complexity index is 856. The molecule has 0 aliphatic carbocycles. The van der Waals surface area contributed by atoms with E-state index in [9.17, 15) is 4.79 Å². The molecule has 0 saturated carbocycles. The van der Waals surface area contributed by atoms with Crippen LogP contribution in [0, 0.1) is 0 Å². The highest BCUT2D eigenvalue weighted by molar-refractivity contribution is 7.17. The summed E-state index contributed by atoms with van der Waals surface area (Å²) in [5, 5.41) is 6.46. The van der Waals surface area contributed by atoms with Crippen molar-refractivity contribution in [1.82, 2.24) is 15.2 Å². The van der Waals surface area contributed by atoms with Gasteiger partial charge in [0.05, 0.1) is 0 Å². The molecule has 0 bridgehead atoms. The number of carbonyl (C=O) groups excluding carboxylic acids is 1. The molecule has 1 aliphatic rings. The molecule has 25 heavy (non-hydrogen) atoms. The number of nitrogens with zero attached hydrogens (tertiary/aromatic N) is 2. The van der Waals surface area contributed by atoms with Crippen molar-refractivity contribution in [1.29, 1.82) is 0 Å². The smallest absolute Gasteiger partial charge is 0.242 e. The van der Waals surface area contributed by atoms with Gasteiger partial charge in [0, 0.05) is 23.6 Å². The molecule has 4 nitrogen and oxygen atoms in total. The molecule has 128 valence electrons. The van der Waals surface area contributed by atoms with E-state index in [1.807, 2.05) is 12.1 Å². The van der Waals surface area contributed by atoms with Gasteiger partial charge in [-0.05, 0) is 72.1 Å². The summed E-state index contributed by atoms with van der Waals surface area (Å²) in [5.74, 6) is 0.0558. The van der Waals surface area contributed by atoms with Gasteiger partial charge in [-0.1, -0.05) is 12.1 Å². The summed E-state index contributed by atoms with van der Waals surface area (Å²) < 4.78 is 1.28. The second-order valence-corrected chi connectivity index (χ2v) is 7.39. The summed E-state index contributed by atoms with van der Waals surface area (Å²) in [4.78, 5) is 19.4. The second-order valence-electron chi connectivity index (χ2n) is 6.44. The number of amides is 1. The first-order valence-corrected chi connectivity index (χ1v) is 9.57. The van der Waals surface area contributed by atoms with Crippen molar-refractivity contribution < 1.29 is 4.79 Å². The zero-order valence-corrected chi connectivity index (χ0v) is 14.8. The molecule has 5 heteroatoms. The monoisotopic (exact) mass is 351 g/mol. The van der Waals surface area contributed by atoms with Crippen LogP contribution in [0.25, 0.3) is 10.1 Å². The first-order chi connectivity index (χ1) is 12.3. The minimum Gasteiger partial charge on any atom is -0.350 e. The minimum atomic E-state index is -0.249. The fourth-order valence-corrected chi connectivity index (χ4v) is 4.25. The van der Waals surface area contributed by atoms with Crippen molar-refractivity contribution in [2.75, 3.05) is 13.1 Å². The third-order valence-electron chi connectivity index (χ3n) is 4.74. The summed E-state index contributed by atoms with van der Waals surface area (Å²) in [6.07, 6.45) is 5.86. The van der Waals surface area contributed by atoms with Crippen LogP contribution in [0.1, 0.15) is 30.0 Å². The Morgan fingerprint density at radius 2 is 2.12 bits per heavy atom. The van der Waals surface area contributed by atoms with Gasteiger partial charge in [-0.3, -0.25) is 14.7 Å². The lowest BCUT2D eigenvalue weighted by atomic mass is 10.1. The van der Waals surface area contributed by atoms with E-state index in [2.05, 4.69) is 44.8 Å². The lowest BCUT2D eigenvalue weighted by Crippen LogP contribution is -2.39. The Balaban J connectivity index is 1.50. The Morgan fingerprint density at radius 3 is 2.92 bits per heavy atom. The number of aromatic nitrogens is 1. The first-order valence-electron chi connectivity index (χ1n) is 8.69. The maximum Gasteiger partial charge on any atom is 0.242 e. The maximum absolute atomic E-state index is 12.9. The molecule has 4 rings (SSSR count). The van der Waals surface area contributed by atoms with Crippen molar-refractivity contribution in [2.45, 2.75) is 25.4 Å². The van der Waals surface area contributed by atoms with Crippen molar-refractivity contribution >= 4 is 27.3 Å². The number of nitrogens with one attached hydrogen (secondary N) is 1. The Kier molecular flexibility index (Phi) is 4.76.